The fourth-order valence-electron chi connectivity index (χ4n) is 1.96. The van der Waals surface area contributed by atoms with Crippen molar-refractivity contribution in [3.8, 4) is 0 Å². The Hall–Kier alpha value is -0.900. The van der Waals surface area contributed by atoms with Crippen LogP contribution in [0.3, 0.4) is 0 Å². The molecule has 0 aliphatic carbocycles. The van der Waals surface area contributed by atoms with Crippen molar-refractivity contribution in [1.82, 2.24) is 4.98 Å². The van der Waals surface area contributed by atoms with Gasteiger partial charge in [0.05, 0.1) is 0 Å². The van der Waals surface area contributed by atoms with Crippen LogP contribution in [0, 0.1) is 6.92 Å². The van der Waals surface area contributed by atoms with Crippen LogP contribution in [0.1, 0.15) is 22.7 Å². The van der Waals surface area contributed by atoms with Gasteiger partial charge in [-0.2, -0.15) is 0 Å². The van der Waals surface area contributed by atoms with Crippen molar-refractivity contribution in [3.63, 3.8) is 0 Å². The Balaban J connectivity index is 2.22. The zero-order valence-corrected chi connectivity index (χ0v) is 12.4. The molecule has 2 nitrogen and oxygen atoms in total. The molecule has 0 radical (unpaired) electrons. The minimum Gasteiger partial charge on any atom is -0.324 e. The summed E-state index contributed by atoms with van der Waals surface area (Å²) in [6.45, 7) is 2.00. The van der Waals surface area contributed by atoms with E-state index >= 15 is 0 Å². The first-order valence-corrected chi connectivity index (χ1v) is 6.85. The SMILES string of the molecule is Cc1c(Cl)cccc1C(N)Cc1cncc(Br)c1. The van der Waals surface area contributed by atoms with E-state index in [1.54, 1.807) is 6.20 Å². The molecule has 1 aromatic carbocycles. The molecule has 0 saturated heterocycles. The van der Waals surface area contributed by atoms with E-state index in [9.17, 15) is 0 Å². The van der Waals surface area contributed by atoms with E-state index in [4.69, 9.17) is 17.3 Å². The normalized spacial score (nSPS) is 12.4. The Labute approximate surface area is 120 Å². The molecule has 1 atom stereocenters. The van der Waals surface area contributed by atoms with E-state index in [2.05, 4.69) is 20.9 Å². The molecule has 0 saturated carbocycles. The van der Waals surface area contributed by atoms with Crippen LogP contribution in [-0.2, 0) is 6.42 Å². The molecule has 0 amide bonds. The van der Waals surface area contributed by atoms with Gasteiger partial charge in [-0.25, -0.2) is 0 Å². The quantitative estimate of drug-likeness (QED) is 0.924. The van der Waals surface area contributed by atoms with Crippen LogP contribution in [-0.4, -0.2) is 4.98 Å². The van der Waals surface area contributed by atoms with Gasteiger partial charge in [-0.15, -0.1) is 0 Å². The Morgan fingerprint density at radius 2 is 2.17 bits per heavy atom. The lowest BCUT2D eigenvalue weighted by Crippen LogP contribution is -2.15. The van der Waals surface area contributed by atoms with Crippen LogP contribution < -0.4 is 5.73 Å². The molecule has 0 fully saturated rings. The number of nitrogens with zero attached hydrogens (tertiary/aromatic N) is 1. The molecular weight excluding hydrogens is 312 g/mol. The van der Waals surface area contributed by atoms with Gasteiger partial charge in [0.25, 0.3) is 0 Å². The Morgan fingerprint density at radius 3 is 2.89 bits per heavy atom. The van der Waals surface area contributed by atoms with E-state index in [0.29, 0.717) is 0 Å². The highest BCUT2D eigenvalue weighted by molar-refractivity contribution is 9.10. The van der Waals surface area contributed by atoms with Crippen LogP contribution in [0.25, 0.3) is 0 Å². The lowest BCUT2D eigenvalue weighted by Gasteiger charge is -2.15. The fourth-order valence-corrected chi connectivity index (χ4v) is 2.55. The van der Waals surface area contributed by atoms with Gasteiger partial charge in [0.2, 0.25) is 0 Å². The summed E-state index contributed by atoms with van der Waals surface area (Å²) in [6, 6.07) is 7.81. The molecule has 1 unspecified atom stereocenters. The van der Waals surface area contributed by atoms with Crippen LogP contribution in [0.5, 0.6) is 0 Å². The summed E-state index contributed by atoms with van der Waals surface area (Å²) < 4.78 is 0.968. The van der Waals surface area contributed by atoms with Crippen molar-refractivity contribution >= 4 is 27.5 Å². The molecule has 0 aliphatic heterocycles. The fraction of sp³-hybridized carbons (Fsp3) is 0.214. The molecule has 1 aromatic heterocycles. The summed E-state index contributed by atoms with van der Waals surface area (Å²) in [6.07, 6.45) is 4.35. The topological polar surface area (TPSA) is 38.9 Å². The van der Waals surface area contributed by atoms with Crippen LogP contribution >= 0.6 is 27.5 Å². The maximum atomic E-state index is 6.25. The second-order valence-electron chi connectivity index (χ2n) is 4.28. The van der Waals surface area contributed by atoms with Gasteiger partial charge in [0.1, 0.15) is 0 Å². The van der Waals surface area contributed by atoms with Gasteiger partial charge >= 0.3 is 0 Å². The van der Waals surface area contributed by atoms with Crippen LogP contribution in [0.4, 0.5) is 0 Å². The smallest absolute Gasteiger partial charge is 0.0438 e. The summed E-state index contributed by atoms with van der Waals surface area (Å²) in [5, 5.41) is 0.760. The molecule has 2 N–H and O–H groups in total. The summed E-state index contributed by atoms with van der Waals surface area (Å²) >= 11 is 9.52. The molecular formula is C14H14BrClN2. The van der Waals surface area contributed by atoms with Gasteiger partial charge in [0, 0.05) is 27.9 Å². The zero-order valence-electron chi connectivity index (χ0n) is 10.0. The van der Waals surface area contributed by atoms with Crippen molar-refractivity contribution in [2.45, 2.75) is 19.4 Å². The average molecular weight is 326 g/mol. The van der Waals surface area contributed by atoms with Crippen molar-refractivity contribution in [1.29, 1.82) is 0 Å². The van der Waals surface area contributed by atoms with Gasteiger partial charge < -0.3 is 5.73 Å². The van der Waals surface area contributed by atoms with Crippen molar-refractivity contribution in [3.05, 3.63) is 62.8 Å². The molecule has 2 rings (SSSR count). The third kappa shape index (κ3) is 3.10. The van der Waals surface area contributed by atoms with Gasteiger partial charge in [0.15, 0.2) is 0 Å². The van der Waals surface area contributed by atoms with E-state index in [1.807, 2.05) is 37.4 Å². The predicted molar refractivity (Wildman–Crippen MR) is 78.8 cm³/mol. The highest BCUT2D eigenvalue weighted by atomic mass is 79.9. The molecule has 4 heteroatoms. The number of pyridine rings is 1. The number of hydrogen-bond donors (Lipinski definition) is 1. The minimum atomic E-state index is -0.0696. The molecule has 18 heavy (non-hydrogen) atoms. The Morgan fingerprint density at radius 1 is 1.39 bits per heavy atom. The number of nitrogens with two attached hydrogens (primary N) is 1. The average Bonchev–Trinajstić information content (AvgIpc) is 2.32. The van der Waals surface area contributed by atoms with Crippen LogP contribution in [0.15, 0.2) is 41.1 Å². The van der Waals surface area contributed by atoms with E-state index in [-0.39, 0.29) is 6.04 Å². The maximum Gasteiger partial charge on any atom is 0.0438 e. The molecule has 2 aromatic rings. The molecule has 1 heterocycles. The predicted octanol–water partition coefficient (Wildman–Crippen LogP) is 4.05. The molecule has 0 spiro atoms. The van der Waals surface area contributed by atoms with Crippen molar-refractivity contribution in [2.24, 2.45) is 5.73 Å². The van der Waals surface area contributed by atoms with Gasteiger partial charge in [-0.3, -0.25) is 4.98 Å². The highest BCUT2D eigenvalue weighted by Crippen LogP contribution is 2.25. The number of halogens is 2. The Kier molecular flexibility index (Phi) is 4.38. The second-order valence-corrected chi connectivity index (χ2v) is 5.60. The summed E-state index contributed by atoms with van der Waals surface area (Å²) in [4.78, 5) is 4.14. The van der Waals surface area contributed by atoms with Crippen molar-refractivity contribution in [2.75, 3.05) is 0 Å². The maximum absolute atomic E-state index is 6.25. The van der Waals surface area contributed by atoms with E-state index < -0.39 is 0 Å². The standard InChI is InChI=1S/C14H14BrClN2/c1-9-12(3-2-4-13(9)16)14(17)6-10-5-11(15)8-18-7-10/h2-5,7-8,14H,6,17H2,1H3. The molecule has 94 valence electrons. The number of benzene rings is 1. The first-order valence-electron chi connectivity index (χ1n) is 5.68. The zero-order chi connectivity index (χ0) is 13.1. The first-order chi connectivity index (χ1) is 8.58. The number of aromatic nitrogens is 1. The van der Waals surface area contributed by atoms with E-state index in [1.165, 1.54) is 0 Å². The largest absolute Gasteiger partial charge is 0.324 e. The summed E-state index contributed by atoms with van der Waals surface area (Å²) in [5.74, 6) is 0. The third-order valence-corrected chi connectivity index (χ3v) is 3.77. The lowest BCUT2D eigenvalue weighted by molar-refractivity contribution is 0.714. The summed E-state index contributed by atoms with van der Waals surface area (Å²) in [5.41, 5.74) is 9.49. The van der Waals surface area contributed by atoms with Crippen LogP contribution in [0.2, 0.25) is 5.02 Å². The number of hydrogen-bond acceptors (Lipinski definition) is 2. The molecule has 0 aliphatic rings. The van der Waals surface area contributed by atoms with Gasteiger partial charge in [-0.1, -0.05) is 23.7 Å². The number of rotatable bonds is 3. The van der Waals surface area contributed by atoms with E-state index in [0.717, 1.165) is 32.6 Å². The Bertz CT molecular complexity index is 557. The second kappa shape index (κ2) is 5.83. The lowest BCUT2D eigenvalue weighted by atomic mass is 9.97. The van der Waals surface area contributed by atoms with Crippen molar-refractivity contribution < 1.29 is 0 Å². The highest BCUT2D eigenvalue weighted by Gasteiger charge is 2.11. The monoisotopic (exact) mass is 324 g/mol. The first kappa shape index (κ1) is 13.5. The summed E-state index contributed by atoms with van der Waals surface area (Å²) in [7, 11) is 0. The minimum absolute atomic E-state index is 0.0696. The third-order valence-electron chi connectivity index (χ3n) is 2.93. The van der Waals surface area contributed by atoms with Gasteiger partial charge in [-0.05, 0) is 58.1 Å². The molecule has 0 bridgehead atoms.